The van der Waals surface area contributed by atoms with Crippen LogP contribution in [0.3, 0.4) is 0 Å². The highest BCUT2D eigenvalue weighted by Gasteiger charge is 2.39. The first-order valence-corrected chi connectivity index (χ1v) is 11.6. The molecule has 2 aromatic rings. The molecule has 0 radical (unpaired) electrons. The van der Waals surface area contributed by atoms with Gasteiger partial charge in [-0.2, -0.15) is 18.4 Å². The van der Waals surface area contributed by atoms with Gasteiger partial charge in [-0.3, -0.25) is 14.4 Å². The summed E-state index contributed by atoms with van der Waals surface area (Å²) in [5.74, 6) is -6.15. The summed E-state index contributed by atoms with van der Waals surface area (Å²) in [4.78, 5) is 42.5. The Balaban J connectivity index is 2.02. The molecular formula is C26H25F3N4O4. The number of aliphatic carboxylic acids is 1. The van der Waals surface area contributed by atoms with E-state index in [0.29, 0.717) is 17.5 Å². The monoisotopic (exact) mass is 514 g/mol. The van der Waals surface area contributed by atoms with Gasteiger partial charge in [-0.1, -0.05) is 55.8 Å². The molecule has 2 aromatic carbocycles. The first-order chi connectivity index (χ1) is 17.6. The molecule has 8 nitrogen and oxygen atoms in total. The summed E-state index contributed by atoms with van der Waals surface area (Å²) in [5.41, 5.74) is 1.58. The fraction of sp³-hybridized carbons (Fsp3) is 0.346. The molecule has 11 heteroatoms. The lowest BCUT2D eigenvalue weighted by Crippen LogP contribution is -2.47. The number of amides is 2. The van der Waals surface area contributed by atoms with Crippen LogP contribution in [-0.4, -0.2) is 40.9 Å². The van der Waals surface area contributed by atoms with Gasteiger partial charge in [-0.25, -0.2) is 4.99 Å². The number of carboxylic acids is 1. The number of halogens is 3. The molecule has 0 saturated heterocycles. The average Bonchev–Trinajstić information content (AvgIpc) is 2.99. The van der Waals surface area contributed by atoms with Gasteiger partial charge in [0.15, 0.2) is 0 Å². The number of alkyl halides is 3. The molecule has 0 aliphatic carbocycles. The van der Waals surface area contributed by atoms with Crippen molar-refractivity contribution in [1.82, 2.24) is 5.32 Å². The second-order valence-corrected chi connectivity index (χ2v) is 8.58. The lowest BCUT2D eigenvalue weighted by Gasteiger charge is -2.25. The van der Waals surface area contributed by atoms with Gasteiger partial charge in [0.2, 0.25) is 12.1 Å². The molecule has 3 rings (SSSR count). The average molecular weight is 515 g/mol. The van der Waals surface area contributed by atoms with Crippen molar-refractivity contribution in [3.05, 3.63) is 65.2 Å². The van der Waals surface area contributed by atoms with Crippen LogP contribution in [0, 0.1) is 23.2 Å². The minimum atomic E-state index is -4.60. The molecular weight excluding hydrogens is 489 g/mol. The third kappa shape index (κ3) is 6.73. The molecule has 3 unspecified atom stereocenters. The number of rotatable bonds is 9. The predicted octanol–water partition coefficient (Wildman–Crippen LogP) is 4.25. The standard InChI is InChI=1S/C26H25F3N4O4/c1-2-7-18(25(36)37)17(12-13-26(27,28)29)23(34)33-22-24(35)32-21-16(14-30)10-6-11-19(21)20(31-22)15-8-4-3-5-9-15/h3-6,8-11,17-18,22H,2,7,12-13H2,1H3,(H,32,35)(H,33,34)(H,36,37). The number of nitriles is 1. The van der Waals surface area contributed by atoms with E-state index in [9.17, 15) is 37.9 Å². The molecule has 0 bridgehead atoms. The largest absolute Gasteiger partial charge is 0.481 e. The fourth-order valence-corrected chi connectivity index (χ4v) is 4.23. The van der Waals surface area contributed by atoms with Crippen molar-refractivity contribution in [3.63, 3.8) is 0 Å². The third-order valence-corrected chi connectivity index (χ3v) is 6.00. The van der Waals surface area contributed by atoms with Gasteiger partial charge in [0.25, 0.3) is 5.91 Å². The van der Waals surface area contributed by atoms with Crippen LogP contribution >= 0.6 is 0 Å². The number of anilines is 1. The van der Waals surface area contributed by atoms with E-state index in [4.69, 9.17) is 0 Å². The molecule has 3 atom stereocenters. The van der Waals surface area contributed by atoms with Crippen molar-refractivity contribution in [2.75, 3.05) is 5.32 Å². The Morgan fingerprint density at radius 1 is 1.14 bits per heavy atom. The summed E-state index contributed by atoms with van der Waals surface area (Å²) in [6.45, 7) is 1.66. The molecule has 3 N–H and O–H groups in total. The van der Waals surface area contributed by atoms with Crippen molar-refractivity contribution in [3.8, 4) is 6.07 Å². The van der Waals surface area contributed by atoms with Crippen molar-refractivity contribution >= 4 is 29.2 Å². The number of fused-ring (bicyclic) bond motifs is 1. The summed E-state index contributed by atoms with van der Waals surface area (Å²) in [6, 6.07) is 15.4. The maximum Gasteiger partial charge on any atom is 0.389 e. The lowest BCUT2D eigenvalue weighted by atomic mass is 9.84. The number of nitrogens with one attached hydrogen (secondary N) is 2. The first kappa shape index (κ1) is 27.4. The van der Waals surface area contributed by atoms with E-state index in [2.05, 4.69) is 15.6 Å². The number of para-hydroxylation sites is 1. The van der Waals surface area contributed by atoms with Gasteiger partial charge < -0.3 is 15.7 Å². The molecule has 194 valence electrons. The van der Waals surface area contributed by atoms with Crippen molar-refractivity contribution in [1.29, 1.82) is 5.26 Å². The number of benzene rings is 2. The Bertz CT molecular complexity index is 1240. The highest BCUT2D eigenvalue weighted by molar-refractivity contribution is 6.20. The number of hydrogen-bond acceptors (Lipinski definition) is 5. The molecule has 0 saturated carbocycles. The van der Waals surface area contributed by atoms with E-state index in [1.807, 2.05) is 6.07 Å². The van der Waals surface area contributed by atoms with Crippen LogP contribution in [0.5, 0.6) is 0 Å². The summed E-state index contributed by atoms with van der Waals surface area (Å²) >= 11 is 0. The zero-order chi connectivity index (χ0) is 27.2. The van der Waals surface area contributed by atoms with E-state index < -0.39 is 54.8 Å². The Morgan fingerprint density at radius 3 is 2.43 bits per heavy atom. The van der Waals surface area contributed by atoms with Crippen LogP contribution in [0.25, 0.3) is 0 Å². The molecule has 37 heavy (non-hydrogen) atoms. The molecule has 2 amide bonds. The maximum atomic E-state index is 13.2. The Kier molecular flexibility index (Phi) is 8.65. The second kappa shape index (κ2) is 11.7. The van der Waals surface area contributed by atoms with E-state index in [0.717, 1.165) is 0 Å². The quantitative estimate of drug-likeness (QED) is 0.460. The summed E-state index contributed by atoms with van der Waals surface area (Å²) in [5, 5.41) is 24.1. The first-order valence-electron chi connectivity index (χ1n) is 11.6. The number of hydrogen-bond donors (Lipinski definition) is 3. The van der Waals surface area contributed by atoms with Gasteiger partial charge in [0, 0.05) is 17.5 Å². The minimum absolute atomic E-state index is 0.0162. The SMILES string of the molecule is CCCC(C(=O)O)C(CCC(F)(F)F)C(=O)NC1N=C(c2ccccc2)c2cccc(C#N)c2NC1=O. The molecule has 1 heterocycles. The fourth-order valence-electron chi connectivity index (χ4n) is 4.23. The highest BCUT2D eigenvalue weighted by atomic mass is 19.4. The molecule has 0 aromatic heterocycles. The molecule has 1 aliphatic rings. The van der Waals surface area contributed by atoms with Gasteiger partial charge in [0.05, 0.1) is 28.8 Å². The Labute approximate surface area is 211 Å². The maximum absolute atomic E-state index is 13.2. The van der Waals surface area contributed by atoms with Crippen molar-refractivity contribution in [2.45, 2.75) is 44.9 Å². The van der Waals surface area contributed by atoms with Crippen LogP contribution in [0.1, 0.15) is 49.3 Å². The van der Waals surface area contributed by atoms with Gasteiger partial charge in [0.1, 0.15) is 6.07 Å². The van der Waals surface area contributed by atoms with Crippen molar-refractivity contribution < 1.29 is 32.7 Å². The number of carbonyl (C=O) groups excluding carboxylic acids is 2. The van der Waals surface area contributed by atoms with Gasteiger partial charge >= 0.3 is 12.1 Å². The van der Waals surface area contributed by atoms with Crippen LogP contribution < -0.4 is 10.6 Å². The zero-order valence-electron chi connectivity index (χ0n) is 19.9. The lowest BCUT2D eigenvalue weighted by molar-refractivity contribution is -0.153. The van der Waals surface area contributed by atoms with Crippen molar-refractivity contribution in [2.24, 2.45) is 16.8 Å². The molecule has 1 aliphatic heterocycles. The number of benzodiazepines with no additional fused rings is 1. The summed E-state index contributed by atoms with van der Waals surface area (Å²) in [7, 11) is 0. The summed E-state index contributed by atoms with van der Waals surface area (Å²) in [6.07, 6.45) is -7.97. The minimum Gasteiger partial charge on any atom is -0.481 e. The van der Waals surface area contributed by atoms with E-state index in [1.165, 1.54) is 6.07 Å². The highest BCUT2D eigenvalue weighted by Crippen LogP contribution is 2.31. The van der Waals surface area contributed by atoms with Gasteiger partial charge in [-0.15, -0.1) is 0 Å². The van der Waals surface area contributed by atoms with E-state index in [-0.39, 0.29) is 23.4 Å². The number of carbonyl (C=O) groups is 3. The third-order valence-electron chi connectivity index (χ3n) is 6.00. The second-order valence-electron chi connectivity index (χ2n) is 8.58. The Hall–Kier alpha value is -4.20. The number of carboxylic acid groups (broad SMARTS) is 1. The Morgan fingerprint density at radius 2 is 1.84 bits per heavy atom. The van der Waals surface area contributed by atoms with Crippen LogP contribution in [-0.2, 0) is 14.4 Å². The molecule has 0 spiro atoms. The topological polar surface area (TPSA) is 132 Å². The normalized spacial score (nSPS) is 16.8. The number of aliphatic imine (C=N–C) groups is 1. The van der Waals surface area contributed by atoms with Crippen LogP contribution in [0.2, 0.25) is 0 Å². The van der Waals surface area contributed by atoms with E-state index >= 15 is 0 Å². The molecule has 0 fully saturated rings. The van der Waals surface area contributed by atoms with E-state index in [1.54, 1.807) is 49.4 Å². The van der Waals surface area contributed by atoms with Crippen LogP contribution in [0.15, 0.2) is 53.5 Å². The van der Waals surface area contributed by atoms with Crippen LogP contribution in [0.4, 0.5) is 18.9 Å². The van der Waals surface area contributed by atoms with Gasteiger partial charge in [-0.05, 0) is 18.9 Å². The zero-order valence-corrected chi connectivity index (χ0v) is 19.9. The number of nitrogens with zero attached hydrogens (tertiary/aromatic N) is 2. The predicted molar refractivity (Wildman–Crippen MR) is 129 cm³/mol. The summed E-state index contributed by atoms with van der Waals surface area (Å²) < 4.78 is 38.9. The smallest absolute Gasteiger partial charge is 0.389 e.